The molecule has 4 nitrogen and oxygen atoms in total. The Bertz CT molecular complexity index is 469. The van der Waals surface area contributed by atoms with Crippen LogP contribution in [-0.2, 0) is 13.0 Å². The van der Waals surface area contributed by atoms with Gasteiger partial charge in [0.25, 0.3) is 0 Å². The van der Waals surface area contributed by atoms with E-state index in [-0.39, 0.29) is 0 Å². The van der Waals surface area contributed by atoms with E-state index in [9.17, 15) is 0 Å². The Labute approximate surface area is 112 Å². The Balaban J connectivity index is 1.72. The van der Waals surface area contributed by atoms with Gasteiger partial charge in [-0.1, -0.05) is 10.6 Å². The zero-order valence-electron chi connectivity index (χ0n) is 10.8. The van der Waals surface area contributed by atoms with Crippen molar-refractivity contribution in [2.75, 3.05) is 13.6 Å². The van der Waals surface area contributed by atoms with E-state index in [4.69, 9.17) is 0 Å². The lowest BCUT2D eigenvalue weighted by Crippen LogP contribution is -2.19. The van der Waals surface area contributed by atoms with Crippen LogP contribution in [0.3, 0.4) is 0 Å². The molecule has 0 fully saturated rings. The van der Waals surface area contributed by atoms with Crippen molar-refractivity contribution in [3.63, 3.8) is 0 Å². The average molecular weight is 262 g/mol. The van der Waals surface area contributed by atoms with Gasteiger partial charge in [-0.25, -0.2) is 0 Å². The van der Waals surface area contributed by atoms with Gasteiger partial charge < -0.3 is 4.90 Å². The predicted octanol–water partition coefficient (Wildman–Crippen LogP) is 2.31. The van der Waals surface area contributed by atoms with Gasteiger partial charge in [0.15, 0.2) is 0 Å². The number of aryl methyl sites for hydroxylation is 2. The molecule has 2 rings (SSSR count). The summed E-state index contributed by atoms with van der Waals surface area (Å²) in [5.41, 5.74) is 2.36. The van der Waals surface area contributed by atoms with Crippen molar-refractivity contribution in [2.45, 2.75) is 26.3 Å². The summed E-state index contributed by atoms with van der Waals surface area (Å²) in [4.78, 5) is 7.71. The summed E-state index contributed by atoms with van der Waals surface area (Å²) in [6.45, 7) is 4.03. The molecule has 0 amide bonds. The monoisotopic (exact) mass is 262 g/mol. The maximum Gasteiger partial charge on any atom is 0.0769 e. The minimum atomic E-state index is 0.941. The quantitative estimate of drug-likeness (QED) is 0.801. The van der Waals surface area contributed by atoms with E-state index in [2.05, 4.69) is 32.6 Å². The third-order valence-electron chi connectivity index (χ3n) is 2.89. The fraction of sp³-hybridized carbons (Fsp3) is 0.462. The molecule has 0 N–H and O–H groups in total. The minimum absolute atomic E-state index is 0.941. The first kappa shape index (κ1) is 13.1. The summed E-state index contributed by atoms with van der Waals surface area (Å²) in [7, 11) is 2.14. The Morgan fingerprint density at radius 1 is 1.39 bits per heavy atom. The first-order valence-electron chi connectivity index (χ1n) is 6.11. The molecule has 0 aliphatic heterocycles. The third kappa shape index (κ3) is 3.85. The van der Waals surface area contributed by atoms with Crippen LogP contribution in [0.15, 0.2) is 24.5 Å². The fourth-order valence-electron chi connectivity index (χ4n) is 1.82. The summed E-state index contributed by atoms with van der Waals surface area (Å²) in [6.07, 6.45) is 5.98. The second-order valence-corrected chi connectivity index (χ2v) is 5.32. The van der Waals surface area contributed by atoms with Gasteiger partial charge in [-0.05, 0) is 56.5 Å². The topological polar surface area (TPSA) is 41.9 Å². The van der Waals surface area contributed by atoms with Crippen LogP contribution in [0, 0.1) is 6.92 Å². The van der Waals surface area contributed by atoms with E-state index in [0.29, 0.717) is 0 Å². The standard InChI is InChI=1S/C13H18N4S/c1-11-13(18-16-15-11)10-17(2)8-4-6-12-5-3-7-14-9-12/h3,5,7,9H,4,6,8,10H2,1-2H3. The molecule has 0 saturated heterocycles. The molecule has 0 saturated carbocycles. The van der Waals surface area contributed by atoms with Crippen molar-refractivity contribution in [3.8, 4) is 0 Å². The van der Waals surface area contributed by atoms with E-state index in [1.54, 1.807) is 0 Å². The van der Waals surface area contributed by atoms with Crippen molar-refractivity contribution in [1.29, 1.82) is 0 Å². The molecule has 96 valence electrons. The molecular weight excluding hydrogens is 244 g/mol. The van der Waals surface area contributed by atoms with Crippen LogP contribution in [0.2, 0.25) is 0 Å². The highest BCUT2D eigenvalue weighted by Gasteiger charge is 2.06. The van der Waals surface area contributed by atoms with Crippen LogP contribution in [0.1, 0.15) is 22.6 Å². The lowest BCUT2D eigenvalue weighted by molar-refractivity contribution is 0.324. The largest absolute Gasteiger partial charge is 0.301 e. The lowest BCUT2D eigenvalue weighted by Gasteiger charge is -2.15. The van der Waals surface area contributed by atoms with E-state index in [1.165, 1.54) is 22.0 Å². The minimum Gasteiger partial charge on any atom is -0.301 e. The lowest BCUT2D eigenvalue weighted by atomic mass is 10.1. The Hall–Kier alpha value is -1.33. The predicted molar refractivity (Wildman–Crippen MR) is 73.5 cm³/mol. The molecule has 0 aliphatic rings. The van der Waals surface area contributed by atoms with Crippen LogP contribution in [0.25, 0.3) is 0 Å². The summed E-state index contributed by atoms with van der Waals surface area (Å²) in [5.74, 6) is 0. The number of rotatable bonds is 6. The van der Waals surface area contributed by atoms with Crippen LogP contribution in [0.4, 0.5) is 0 Å². The van der Waals surface area contributed by atoms with Gasteiger partial charge >= 0.3 is 0 Å². The number of pyridine rings is 1. The molecule has 0 bridgehead atoms. The van der Waals surface area contributed by atoms with Crippen LogP contribution >= 0.6 is 11.5 Å². The molecule has 0 unspecified atom stereocenters. The van der Waals surface area contributed by atoms with Gasteiger partial charge in [0.1, 0.15) is 0 Å². The first-order chi connectivity index (χ1) is 8.75. The third-order valence-corrected chi connectivity index (χ3v) is 3.70. The van der Waals surface area contributed by atoms with Crippen molar-refractivity contribution in [3.05, 3.63) is 40.7 Å². The second kappa shape index (κ2) is 6.56. The Morgan fingerprint density at radius 3 is 2.94 bits per heavy atom. The van der Waals surface area contributed by atoms with Crippen molar-refractivity contribution in [1.82, 2.24) is 19.5 Å². The maximum absolute atomic E-state index is 4.13. The SMILES string of the molecule is Cc1nnsc1CN(C)CCCc1cccnc1. The highest BCUT2D eigenvalue weighted by Crippen LogP contribution is 2.12. The van der Waals surface area contributed by atoms with E-state index in [0.717, 1.165) is 31.6 Å². The highest BCUT2D eigenvalue weighted by atomic mass is 32.1. The van der Waals surface area contributed by atoms with E-state index >= 15 is 0 Å². The van der Waals surface area contributed by atoms with Crippen LogP contribution < -0.4 is 0 Å². The van der Waals surface area contributed by atoms with Crippen molar-refractivity contribution in [2.24, 2.45) is 0 Å². The van der Waals surface area contributed by atoms with E-state index in [1.807, 2.05) is 25.4 Å². The normalized spacial score (nSPS) is 11.1. The average Bonchev–Trinajstić information content (AvgIpc) is 2.76. The van der Waals surface area contributed by atoms with Crippen molar-refractivity contribution >= 4 is 11.5 Å². The van der Waals surface area contributed by atoms with E-state index < -0.39 is 0 Å². The molecular formula is C13H18N4S. The molecule has 2 aromatic rings. The van der Waals surface area contributed by atoms with Crippen LogP contribution in [0.5, 0.6) is 0 Å². The molecule has 2 aromatic heterocycles. The molecule has 18 heavy (non-hydrogen) atoms. The van der Waals surface area contributed by atoms with Gasteiger partial charge in [0.05, 0.1) is 10.6 Å². The molecule has 0 aliphatic carbocycles. The highest BCUT2D eigenvalue weighted by molar-refractivity contribution is 7.05. The van der Waals surface area contributed by atoms with Gasteiger partial charge in [-0.3, -0.25) is 4.98 Å². The smallest absolute Gasteiger partial charge is 0.0769 e. The van der Waals surface area contributed by atoms with Gasteiger partial charge in [0, 0.05) is 18.9 Å². The zero-order valence-corrected chi connectivity index (χ0v) is 11.7. The summed E-state index contributed by atoms with van der Waals surface area (Å²) >= 11 is 1.49. The molecule has 0 aromatic carbocycles. The van der Waals surface area contributed by atoms with Crippen LogP contribution in [-0.4, -0.2) is 33.1 Å². The molecule has 0 radical (unpaired) electrons. The summed E-state index contributed by atoms with van der Waals surface area (Å²) < 4.78 is 3.96. The van der Waals surface area contributed by atoms with Gasteiger partial charge in [-0.2, -0.15) is 0 Å². The van der Waals surface area contributed by atoms with Gasteiger partial charge in [-0.15, -0.1) is 5.10 Å². The first-order valence-corrected chi connectivity index (χ1v) is 6.88. The molecule has 0 atom stereocenters. The zero-order chi connectivity index (χ0) is 12.8. The maximum atomic E-state index is 4.13. The Kier molecular flexibility index (Phi) is 4.78. The van der Waals surface area contributed by atoms with Crippen molar-refractivity contribution < 1.29 is 0 Å². The second-order valence-electron chi connectivity index (χ2n) is 4.48. The summed E-state index contributed by atoms with van der Waals surface area (Å²) in [5, 5.41) is 4.03. The summed E-state index contributed by atoms with van der Waals surface area (Å²) in [6, 6.07) is 4.12. The number of aromatic nitrogens is 3. The molecule has 0 spiro atoms. The Morgan fingerprint density at radius 2 is 2.28 bits per heavy atom. The van der Waals surface area contributed by atoms with Gasteiger partial charge in [0.2, 0.25) is 0 Å². The number of nitrogens with zero attached hydrogens (tertiary/aromatic N) is 4. The molecule has 2 heterocycles. The number of hydrogen-bond acceptors (Lipinski definition) is 5. The number of hydrogen-bond donors (Lipinski definition) is 0. The molecule has 5 heteroatoms. The fourth-order valence-corrected chi connectivity index (χ4v) is 2.53.